The molecule has 4 aromatic rings. The maximum absolute atomic E-state index is 13.6. The smallest absolute Gasteiger partial charge is 0.264 e. The number of benzene rings is 3. The number of rotatable bonds is 10. The fraction of sp³-hybridized carbons (Fsp3) is 0.0769. The van der Waals surface area contributed by atoms with Crippen molar-refractivity contribution in [2.24, 2.45) is 0 Å². The standard InChI is InChI=1S/C26H23ClN4O6S2/c1-37-24-15-10-19(27)17-23(24)31(39(35,36)22-7-3-2-4-8-22)18-26(32)29-20-11-13-21(14-12-20)38(33,34)30-25-9-5-6-16-28-25/h2-17H,18H2,1H3,(H,28,30)(H,29,32). The number of halogens is 1. The van der Waals surface area contributed by atoms with Crippen LogP contribution in [0, 0.1) is 0 Å². The zero-order valence-corrected chi connectivity index (χ0v) is 22.9. The first-order chi connectivity index (χ1) is 18.6. The molecular weight excluding hydrogens is 564 g/mol. The number of sulfonamides is 2. The van der Waals surface area contributed by atoms with Gasteiger partial charge in [-0.3, -0.25) is 13.8 Å². The Morgan fingerprint density at radius 3 is 2.23 bits per heavy atom. The molecule has 39 heavy (non-hydrogen) atoms. The molecule has 0 aliphatic heterocycles. The summed E-state index contributed by atoms with van der Waals surface area (Å²) >= 11 is 6.15. The van der Waals surface area contributed by atoms with Gasteiger partial charge in [0.15, 0.2) is 0 Å². The average molecular weight is 587 g/mol. The summed E-state index contributed by atoms with van der Waals surface area (Å²) in [5.41, 5.74) is 0.331. The lowest BCUT2D eigenvalue weighted by Crippen LogP contribution is -2.38. The zero-order chi connectivity index (χ0) is 28.0. The minimum absolute atomic E-state index is 0.0326. The molecule has 1 amide bonds. The Morgan fingerprint density at radius 1 is 0.897 bits per heavy atom. The maximum atomic E-state index is 13.6. The second-order valence-corrected chi connectivity index (χ2v) is 12.0. The van der Waals surface area contributed by atoms with E-state index in [0.29, 0.717) is 0 Å². The van der Waals surface area contributed by atoms with Crippen LogP contribution in [0.3, 0.4) is 0 Å². The lowest BCUT2D eigenvalue weighted by molar-refractivity contribution is -0.114. The highest BCUT2D eigenvalue weighted by Crippen LogP contribution is 2.34. The van der Waals surface area contributed by atoms with Crippen LogP contribution in [0.4, 0.5) is 17.2 Å². The number of methoxy groups -OCH3 is 1. The molecule has 0 bridgehead atoms. The third-order valence-corrected chi connectivity index (χ3v) is 8.76. The number of hydrogen-bond donors (Lipinski definition) is 2. The van der Waals surface area contributed by atoms with E-state index >= 15 is 0 Å². The molecule has 10 nitrogen and oxygen atoms in total. The number of carbonyl (C=O) groups excluding carboxylic acids is 1. The van der Waals surface area contributed by atoms with Crippen LogP contribution in [-0.4, -0.2) is 41.4 Å². The van der Waals surface area contributed by atoms with E-state index in [9.17, 15) is 21.6 Å². The highest BCUT2D eigenvalue weighted by Gasteiger charge is 2.29. The van der Waals surface area contributed by atoms with Crippen molar-refractivity contribution in [1.82, 2.24) is 4.98 Å². The van der Waals surface area contributed by atoms with Gasteiger partial charge in [-0.2, -0.15) is 0 Å². The molecule has 0 fully saturated rings. The van der Waals surface area contributed by atoms with Gasteiger partial charge >= 0.3 is 0 Å². The van der Waals surface area contributed by atoms with Gasteiger partial charge in [0, 0.05) is 16.9 Å². The van der Waals surface area contributed by atoms with Crippen LogP contribution in [-0.2, 0) is 24.8 Å². The lowest BCUT2D eigenvalue weighted by Gasteiger charge is -2.26. The Kier molecular flexibility index (Phi) is 8.38. The van der Waals surface area contributed by atoms with E-state index in [1.807, 2.05) is 0 Å². The summed E-state index contributed by atoms with van der Waals surface area (Å²) in [5.74, 6) is -0.327. The molecule has 0 unspecified atom stereocenters. The summed E-state index contributed by atoms with van der Waals surface area (Å²) in [6.45, 7) is -0.616. The molecule has 202 valence electrons. The second kappa shape index (κ2) is 11.7. The van der Waals surface area contributed by atoms with Gasteiger partial charge < -0.3 is 10.1 Å². The Labute approximate surface area is 231 Å². The Morgan fingerprint density at radius 2 is 1.59 bits per heavy atom. The number of amides is 1. The molecule has 1 aromatic heterocycles. The first kappa shape index (κ1) is 27.9. The molecule has 4 rings (SSSR count). The van der Waals surface area contributed by atoms with Gasteiger partial charge in [0.25, 0.3) is 20.0 Å². The molecule has 0 atom stereocenters. The fourth-order valence-electron chi connectivity index (χ4n) is 3.55. The largest absolute Gasteiger partial charge is 0.495 e. The molecular formula is C26H23ClN4O6S2. The highest BCUT2D eigenvalue weighted by atomic mass is 35.5. The molecule has 0 aliphatic carbocycles. The van der Waals surface area contributed by atoms with Crippen molar-refractivity contribution in [2.75, 3.05) is 28.0 Å². The first-order valence-electron chi connectivity index (χ1n) is 11.4. The highest BCUT2D eigenvalue weighted by molar-refractivity contribution is 7.93. The third-order valence-electron chi connectivity index (χ3n) is 5.38. The van der Waals surface area contributed by atoms with Gasteiger partial charge in [0.05, 0.1) is 22.6 Å². The number of aromatic nitrogens is 1. The number of nitrogens with zero attached hydrogens (tertiary/aromatic N) is 2. The molecule has 0 saturated carbocycles. The van der Waals surface area contributed by atoms with Crippen LogP contribution >= 0.6 is 11.6 Å². The van der Waals surface area contributed by atoms with Crippen LogP contribution in [0.5, 0.6) is 5.75 Å². The minimum atomic E-state index is -4.21. The van der Waals surface area contributed by atoms with Crippen LogP contribution in [0.15, 0.2) is 107 Å². The molecule has 0 spiro atoms. The summed E-state index contributed by atoms with van der Waals surface area (Å²) in [7, 11) is -6.75. The normalized spacial score (nSPS) is 11.4. The van der Waals surface area contributed by atoms with Gasteiger partial charge in [0.1, 0.15) is 18.1 Å². The summed E-state index contributed by atoms with van der Waals surface area (Å²) in [6.07, 6.45) is 1.46. The number of nitrogens with one attached hydrogen (secondary N) is 2. The molecule has 1 heterocycles. The predicted molar refractivity (Wildman–Crippen MR) is 149 cm³/mol. The van der Waals surface area contributed by atoms with E-state index in [1.165, 1.54) is 74.0 Å². The summed E-state index contributed by atoms with van der Waals surface area (Å²) < 4.78 is 61.0. The fourth-order valence-corrected chi connectivity index (χ4v) is 6.16. The van der Waals surface area contributed by atoms with E-state index in [0.717, 1.165) is 4.31 Å². The minimum Gasteiger partial charge on any atom is -0.495 e. The van der Waals surface area contributed by atoms with Crippen molar-refractivity contribution in [1.29, 1.82) is 0 Å². The predicted octanol–water partition coefficient (Wildman–Crippen LogP) is 4.38. The van der Waals surface area contributed by atoms with Crippen molar-refractivity contribution >= 4 is 54.7 Å². The van der Waals surface area contributed by atoms with Crippen molar-refractivity contribution in [3.05, 3.63) is 102 Å². The van der Waals surface area contributed by atoms with E-state index in [-0.39, 0.29) is 37.8 Å². The van der Waals surface area contributed by atoms with Gasteiger partial charge in [0.2, 0.25) is 5.91 Å². The monoisotopic (exact) mass is 586 g/mol. The van der Waals surface area contributed by atoms with Crippen molar-refractivity contribution < 1.29 is 26.4 Å². The van der Waals surface area contributed by atoms with Gasteiger partial charge in [-0.25, -0.2) is 21.8 Å². The second-order valence-electron chi connectivity index (χ2n) is 8.03. The summed E-state index contributed by atoms with van der Waals surface area (Å²) in [6, 6.07) is 22.3. The topological polar surface area (TPSA) is 135 Å². The quantitative estimate of drug-likeness (QED) is 0.281. The van der Waals surface area contributed by atoms with Crippen molar-refractivity contribution in [2.45, 2.75) is 9.79 Å². The average Bonchev–Trinajstić information content (AvgIpc) is 2.93. The van der Waals surface area contributed by atoms with Crippen LogP contribution in [0.2, 0.25) is 5.02 Å². The Balaban J connectivity index is 1.58. The molecule has 0 radical (unpaired) electrons. The zero-order valence-electron chi connectivity index (χ0n) is 20.5. The van der Waals surface area contributed by atoms with Gasteiger partial charge in [-0.05, 0) is 66.7 Å². The first-order valence-corrected chi connectivity index (χ1v) is 14.7. The Bertz CT molecular complexity index is 1670. The van der Waals surface area contributed by atoms with Gasteiger partial charge in [-0.15, -0.1) is 0 Å². The molecule has 13 heteroatoms. The Hall–Kier alpha value is -4.13. The third kappa shape index (κ3) is 6.66. The lowest BCUT2D eigenvalue weighted by atomic mass is 10.3. The number of ether oxygens (including phenoxy) is 1. The number of carbonyl (C=O) groups is 1. The number of anilines is 3. The number of pyridine rings is 1. The van der Waals surface area contributed by atoms with Gasteiger partial charge in [-0.1, -0.05) is 35.9 Å². The van der Waals surface area contributed by atoms with Crippen LogP contribution in [0.25, 0.3) is 0 Å². The molecule has 0 aliphatic rings. The van der Waals surface area contributed by atoms with E-state index in [2.05, 4.69) is 15.0 Å². The molecule has 2 N–H and O–H groups in total. The molecule has 0 saturated heterocycles. The van der Waals surface area contributed by atoms with E-state index in [4.69, 9.17) is 16.3 Å². The van der Waals surface area contributed by atoms with Crippen LogP contribution < -0.4 is 19.1 Å². The van der Waals surface area contributed by atoms with Crippen LogP contribution in [0.1, 0.15) is 0 Å². The van der Waals surface area contributed by atoms with E-state index in [1.54, 1.807) is 30.3 Å². The summed E-state index contributed by atoms with van der Waals surface area (Å²) in [5, 5.41) is 2.85. The van der Waals surface area contributed by atoms with E-state index < -0.39 is 32.5 Å². The summed E-state index contributed by atoms with van der Waals surface area (Å²) in [4.78, 5) is 16.9. The maximum Gasteiger partial charge on any atom is 0.264 e. The SMILES string of the molecule is COc1ccc(Cl)cc1N(CC(=O)Nc1ccc(S(=O)(=O)Nc2ccccn2)cc1)S(=O)(=O)c1ccccc1. The molecule has 3 aromatic carbocycles. The number of hydrogen-bond acceptors (Lipinski definition) is 7. The van der Waals surface area contributed by atoms with Crippen molar-refractivity contribution in [3.63, 3.8) is 0 Å². The van der Waals surface area contributed by atoms with Crippen molar-refractivity contribution in [3.8, 4) is 5.75 Å².